The molecule has 0 aromatic carbocycles. The molecular formula is C11H21NO. The van der Waals surface area contributed by atoms with Crippen LogP contribution in [0.2, 0.25) is 0 Å². The molecule has 0 aliphatic heterocycles. The van der Waals surface area contributed by atoms with Crippen molar-refractivity contribution in [2.45, 2.75) is 38.6 Å². The standard InChI is InChI=1S/C11H21NO/c1-10(7-8-13)12-9-11-5-3-2-4-6-11/h2-3,10-13H,4-9H2,1H3. The quantitative estimate of drug-likeness (QED) is 0.636. The van der Waals surface area contributed by atoms with E-state index >= 15 is 0 Å². The van der Waals surface area contributed by atoms with E-state index in [0.29, 0.717) is 12.6 Å². The summed E-state index contributed by atoms with van der Waals surface area (Å²) in [5, 5.41) is 12.2. The van der Waals surface area contributed by atoms with Gasteiger partial charge in [0.15, 0.2) is 0 Å². The van der Waals surface area contributed by atoms with Crippen LogP contribution in [0.15, 0.2) is 12.2 Å². The number of aliphatic hydroxyl groups is 1. The Bertz CT molecular complexity index is 156. The van der Waals surface area contributed by atoms with Crippen molar-refractivity contribution in [3.8, 4) is 0 Å². The van der Waals surface area contributed by atoms with E-state index in [4.69, 9.17) is 5.11 Å². The number of rotatable bonds is 5. The summed E-state index contributed by atoms with van der Waals surface area (Å²) in [6, 6.07) is 0.455. The van der Waals surface area contributed by atoms with E-state index in [2.05, 4.69) is 24.4 Å². The van der Waals surface area contributed by atoms with Gasteiger partial charge in [-0.3, -0.25) is 0 Å². The summed E-state index contributed by atoms with van der Waals surface area (Å²) in [5.74, 6) is 0.811. The van der Waals surface area contributed by atoms with Crippen molar-refractivity contribution in [1.82, 2.24) is 5.32 Å². The zero-order valence-electron chi connectivity index (χ0n) is 8.50. The van der Waals surface area contributed by atoms with Gasteiger partial charge in [-0.1, -0.05) is 12.2 Å². The van der Waals surface area contributed by atoms with Crippen LogP contribution in [0, 0.1) is 5.92 Å². The molecule has 13 heavy (non-hydrogen) atoms. The maximum Gasteiger partial charge on any atom is 0.0445 e. The van der Waals surface area contributed by atoms with Crippen molar-refractivity contribution in [2.75, 3.05) is 13.2 Å². The van der Waals surface area contributed by atoms with E-state index in [1.54, 1.807) is 0 Å². The van der Waals surface area contributed by atoms with E-state index < -0.39 is 0 Å². The van der Waals surface area contributed by atoms with Gasteiger partial charge in [0.2, 0.25) is 0 Å². The van der Waals surface area contributed by atoms with Crippen LogP contribution in [-0.2, 0) is 0 Å². The lowest BCUT2D eigenvalue weighted by Crippen LogP contribution is -2.32. The molecule has 0 fully saturated rings. The van der Waals surface area contributed by atoms with E-state index in [9.17, 15) is 0 Å². The average molecular weight is 183 g/mol. The monoisotopic (exact) mass is 183 g/mol. The molecule has 1 aliphatic carbocycles. The first kappa shape index (κ1) is 10.7. The fourth-order valence-corrected chi connectivity index (χ4v) is 1.71. The summed E-state index contributed by atoms with van der Waals surface area (Å²) in [5.41, 5.74) is 0. The Balaban J connectivity index is 2.07. The molecule has 1 aliphatic rings. The van der Waals surface area contributed by atoms with E-state index in [0.717, 1.165) is 18.9 Å². The topological polar surface area (TPSA) is 32.3 Å². The van der Waals surface area contributed by atoms with E-state index in [-0.39, 0.29) is 0 Å². The molecule has 2 nitrogen and oxygen atoms in total. The average Bonchev–Trinajstić information content (AvgIpc) is 2.17. The van der Waals surface area contributed by atoms with Crippen molar-refractivity contribution in [3.63, 3.8) is 0 Å². The predicted octanol–water partition coefficient (Wildman–Crippen LogP) is 1.70. The molecule has 0 bridgehead atoms. The van der Waals surface area contributed by atoms with Crippen LogP contribution >= 0.6 is 0 Å². The summed E-state index contributed by atoms with van der Waals surface area (Å²) in [4.78, 5) is 0. The lowest BCUT2D eigenvalue weighted by atomic mass is 9.94. The molecule has 0 amide bonds. The van der Waals surface area contributed by atoms with Crippen molar-refractivity contribution < 1.29 is 5.11 Å². The highest BCUT2D eigenvalue weighted by molar-refractivity contribution is 4.90. The van der Waals surface area contributed by atoms with Gasteiger partial charge in [0, 0.05) is 12.6 Å². The SMILES string of the molecule is CC(CCO)NCC1CC=CCC1. The highest BCUT2D eigenvalue weighted by Gasteiger charge is 2.10. The van der Waals surface area contributed by atoms with E-state index in [1.165, 1.54) is 19.3 Å². The summed E-state index contributed by atoms with van der Waals surface area (Å²) < 4.78 is 0. The van der Waals surface area contributed by atoms with Crippen LogP contribution in [-0.4, -0.2) is 24.3 Å². The van der Waals surface area contributed by atoms with Crippen LogP contribution in [0.3, 0.4) is 0 Å². The van der Waals surface area contributed by atoms with E-state index in [1.807, 2.05) is 0 Å². The van der Waals surface area contributed by atoms with Gasteiger partial charge in [-0.05, 0) is 45.1 Å². The van der Waals surface area contributed by atoms with Crippen LogP contribution in [0.25, 0.3) is 0 Å². The molecule has 0 radical (unpaired) electrons. The number of hydrogen-bond donors (Lipinski definition) is 2. The highest BCUT2D eigenvalue weighted by Crippen LogP contribution is 2.17. The van der Waals surface area contributed by atoms with Crippen molar-refractivity contribution in [2.24, 2.45) is 5.92 Å². The van der Waals surface area contributed by atoms with Crippen LogP contribution in [0.5, 0.6) is 0 Å². The zero-order chi connectivity index (χ0) is 9.52. The molecular weight excluding hydrogens is 162 g/mol. The third kappa shape index (κ3) is 4.44. The van der Waals surface area contributed by atoms with Crippen molar-refractivity contribution >= 4 is 0 Å². The molecule has 0 aromatic heterocycles. The first-order chi connectivity index (χ1) is 6.33. The van der Waals surface area contributed by atoms with Crippen LogP contribution in [0.4, 0.5) is 0 Å². The summed E-state index contributed by atoms with van der Waals surface area (Å²) in [6.45, 7) is 3.53. The highest BCUT2D eigenvalue weighted by atomic mass is 16.3. The zero-order valence-corrected chi connectivity index (χ0v) is 8.50. The molecule has 0 heterocycles. The molecule has 2 heteroatoms. The van der Waals surface area contributed by atoms with Gasteiger partial charge in [-0.25, -0.2) is 0 Å². The van der Waals surface area contributed by atoms with Gasteiger partial charge in [-0.15, -0.1) is 0 Å². The molecule has 0 aromatic rings. The second-order valence-electron chi connectivity index (χ2n) is 3.97. The number of hydrogen-bond acceptors (Lipinski definition) is 2. The first-order valence-electron chi connectivity index (χ1n) is 5.32. The molecule has 2 atom stereocenters. The second-order valence-corrected chi connectivity index (χ2v) is 3.97. The third-order valence-corrected chi connectivity index (χ3v) is 2.69. The van der Waals surface area contributed by atoms with Crippen LogP contribution in [0.1, 0.15) is 32.6 Å². The fraction of sp³-hybridized carbons (Fsp3) is 0.818. The normalized spacial score (nSPS) is 24.6. The van der Waals surface area contributed by atoms with Gasteiger partial charge in [0.05, 0.1) is 0 Å². The Morgan fingerprint density at radius 2 is 2.38 bits per heavy atom. The minimum absolute atomic E-state index is 0.290. The van der Waals surface area contributed by atoms with Crippen molar-refractivity contribution in [3.05, 3.63) is 12.2 Å². The minimum Gasteiger partial charge on any atom is -0.396 e. The number of nitrogens with one attached hydrogen (secondary N) is 1. The summed E-state index contributed by atoms with van der Waals surface area (Å²) in [6.07, 6.45) is 9.19. The maximum absolute atomic E-state index is 8.72. The molecule has 0 spiro atoms. The summed E-state index contributed by atoms with van der Waals surface area (Å²) in [7, 11) is 0. The molecule has 2 unspecified atom stereocenters. The fourth-order valence-electron chi connectivity index (χ4n) is 1.71. The lowest BCUT2D eigenvalue weighted by molar-refractivity contribution is 0.265. The van der Waals surface area contributed by atoms with Gasteiger partial charge in [-0.2, -0.15) is 0 Å². The Labute approximate surface area is 81.0 Å². The molecule has 1 rings (SSSR count). The lowest BCUT2D eigenvalue weighted by Gasteiger charge is -2.20. The summed E-state index contributed by atoms with van der Waals surface area (Å²) >= 11 is 0. The molecule has 0 saturated heterocycles. The Morgan fingerprint density at radius 3 is 3.00 bits per heavy atom. The second kappa shape index (κ2) is 6.17. The molecule has 2 N–H and O–H groups in total. The van der Waals surface area contributed by atoms with Crippen LogP contribution < -0.4 is 5.32 Å². The Hall–Kier alpha value is -0.340. The third-order valence-electron chi connectivity index (χ3n) is 2.69. The molecule has 0 saturated carbocycles. The van der Waals surface area contributed by atoms with Gasteiger partial charge in [0.25, 0.3) is 0 Å². The predicted molar refractivity (Wildman–Crippen MR) is 55.6 cm³/mol. The smallest absolute Gasteiger partial charge is 0.0445 e. The molecule has 76 valence electrons. The largest absolute Gasteiger partial charge is 0.396 e. The van der Waals surface area contributed by atoms with Crippen molar-refractivity contribution in [1.29, 1.82) is 0 Å². The van der Waals surface area contributed by atoms with Gasteiger partial charge in [0.1, 0.15) is 0 Å². The number of allylic oxidation sites excluding steroid dienone is 2. The first-order valence-corrected chi connectivity index (χ1v) is 5.32. The number of aliphatic hydroxyl groups excluding tert-OH is 1. The Morgan fingerprint density at radius 1 is 1.54 bits per heavy atom. The Kier molecular flexibility index (Phi) is 5.09. The minimum atomic E-state index is 0.290. The van der Waals surface area contributed by atoms with Gasteiger partial charge >= 0.3 is 0 Å². The maximum atomic E-state index is 8.72. The van der Waals surface area contributed by atoms with Gasteiger partial charge < -0.3 is 10.4 Å².